The Hall–Kier alpha value is 1.17. The van der Waals surface area contributed by atoms with Crippen molar-refractivity contribution in [2.45, 2.75) is 23.3 Å². The van der Waals surface area contributed by atoms with Crippen LogP contribution in [0, 0.1) is 0 Å². The maximum Gasteiger partial charge on any atom is 2.00 e. The van der Waals surface area contributed by atoms with Crippen LogP contribution >= 0.6 is 23.5 Å². The maximum atomic E-state index is 10.5. The zero-order chi connectivity index (χ0) is 13.3. The number of carboxylic acid groups (broad SMARTS) is 2. The molecule has 0 spiro atoms. The molecule has 2 unspecified atom stereocenters. The third-order valence-corrected chi connectivity index (χ3v) is 4.22. The van der Waals surface area contributed by atoms with Gasteiger partial charge in [0, 0.05) is 23.6 Å². The molecule has 2 atom stereocenters. The van der Waals surface area contributed by atoms with Crippen molar-refractivity contribution in [2.75, 3.05) is 25.6 Å². The van der Waals surface area contributed by atoms with Crippen molar-refractivity contribution in [3.63, 3.8) is 0 Å². The van der Waals surface area contributed by atoms with Crippen LogP contribution in [0.3, 0.4) is 0 Å². The van der Waals surface area contributed by atoms with Crippen molar-refractivity contribution in [1.29, 1.82) is 0 Å². The molecule has 5 nitrogen and oxygen atoms in total. The summed E-state index contributed by atoms with van der Waals surface area (Å²) in [6, 6.07) is 0. The molecule has 0 aromatic rings. The van der Waals surface area contributed by atoms with Crippen LogP contribution in [-0.4, -0.2) is 107 Å². The zero-order valence-electron chi connectivity index (χ0n) is 12.7. The zero-order valence-corrected chi connectivity index (χ0v) is 16.8. The topological polar surface area (TPSA) is 86.6 Å². The Morgan fingerprint density at radius 3 is 1.61 bits per heavy atom. The van der Waals surface area contributed by atoms with Gasteiger partial charge in [0.1, 0.15) is 0 Å². The van der Waals surface area contributed by atoms with E-state index in [4.69, 9.17) is 10.2 Å². The number of aliphatic carboxylic acids is 2. The van der Waals surface area contributed by atoms with E-state index in [1.165, 1.54) is 23.5 Å². The van der Waals surface area contributed by atoms with Crippen LogP contribution in [0.5, 0.6) is 0 Å². The Labute approximate surface area is 159 Å². The summed E-state index contributed by atoms with van der Waals surface area (Å²) in [4.78, 5) is 21.1. The standard InChI is InChI=1S/C10H19NO4S2.Ba.2H/c1-16-7(3-9(12)13)5-11-6-8(17-2)4-10(14)15;;;/h7-8,11H,3-6H2,1-2H3,(H,12,13)(H,14,15);;;/q;+2;2*-1. The van der Waals surface area contributed by atoms with E-state index in [-0.39, 0.29) is 75.1 Å². The summed E-state index contributed by atoms with van der Waals surface area (Å²) in [6.07, 6.45) is 3.99. The second-order valence-corrected chi connectivity index (χ2v) is 5.85. The molecule has 0 radical (unpaired) electrons. The molecule has 0 aromatic carbocycles. The molecule has 0 heterocycles. The summed E-state index contributed by atoms with van der Waals surface area (Å²) in [6.45, 7) is 1.17. The number of carboxylic acids is 2. The second kappa shape index (κ2) is 13.2. The molecule has 8 heteroatoms. The Morgan fingerprint density at radius 2 is 1.39 bits per heavy atom. The largest absolute Gasteiger partial charge is 2.00 e. The number of hydrogen-bond acceptors (Lipinski definition) is 5. The minimum Gasteiger partial charge on any atom is -1.00 e. The van der Waals surface area contributed by atoms with Crippen molar-refractivity contribution in [3.8, 4) is 0 Å². The van der Waals surface area contributed by atoms with Gasteiger partial charge in [-0.05, 0) is 12.5 Å². The number of rotatable bonds is 10. The van der Waals surface area contributed by atoms with Gasteiger partial charge in [-0.3, -0.25) is 9.59 Å². The fourth-order valence-corrected chi connectivity index (χ4v) is 2.46. The summed E-state index contributed by atoms with van der Waals surface area (Å²) in [5.74, 6) is -1.61. The summed E-state index contributed by atoms with van der Waals surface area (Å²) in [5, 5.41) is 20.5. The average molecular weight is 421 g/mol. The molecule has 0 amide bonds. The van der Waals surface area contributed by atoms with Gasteiger partial charge < -0.3 is 18.4 Å². The van der Waals surface area contributed by atoms with Crippen LogP contribution in [0.2, 0.25) is 0 Å². The number of hydrogen-bond donors (Lipinski definition) is 3. The van der Waals surface area contributed by atoms with Crippen LogP contribution in [0.4, 0.5) is 0 Å². The van der Waals surface area contributed by atoms with E-state index in [1.54, 1.807) is 0 Å². The van der Waals surface area contributed by atoms with Crippen LogP contribution in [0.25, 0.3) is 0 Å². The molecule has 3 N–H and O–H groups in total. The van der Waals surface area contributed by atoms with E-state index in [1.807, 2.05) is 12.5 Å². The third kappa shape index (κ3) is 12.2. The summed E-state index contributed by atoms with van der Waals surface area (Å²) >= 11 is 3.01. The number of carbonyl (C=O) groups is 2. The van der Waals surface area contributed by atoms with E-state index >= 15 is 0 Å². The van der Waals surface area contributed by atoms with Gasteiger partial charge in [0.15, 0.2) is 0 Å². The van der Waals surface area contributed by atoms with Crippen LogP contribution in [0.15, 0.2) is 0 Å². The minimum absolute atomic E-state index is 0. The molecule has 0 saturated carbocycles. The molecular weight excluding hydrogens is 400 g/mol. The number of nitrogens with one attached hydrogen (secondary N) is 1. The van der Waals surface area contributed by atoms with Crippen molar-refractivity contribution in [2.24, 2.45) is 0 Å². The second-order valence-electron chi connectivity index (χ2n) is 3.57. The summed E-state index contributed by atoms with van der Waals surface area (Å²) in [5.41, 5.74) is 0. The predicted molar refractivity (Wildman–Crippen MR) is 80.0 cm³/mol. The fraction of sp³-hybridized carbons (Fsp3) is 0.800. The Balaban J connectivity index is -0.000000427. The third-order valence-electron chi connectivity index (χ3n) is 2.22. The van der Waals surface area contributed by atoms with Crippen LogP contribution in [-0.2, 0) is 9.59 Å². The molecule has 0 saturated heterocycles. The molecule has 0 fully saturated rings. The van der Waals surface area contributed by atoms with Gasteiger partial charge in [0.25, 0.3) is 0 Å². The maximum absolute atomic E-state index is 10.5. The normalized spacial score (nSPS) is 13.4. The quantitative estimate of drug-likeness (QED) is 0.451. The average Bonchev–Trinajstić information content (AvgIpc) is 2.25. The Bertz CT molecular complexity index is 241. The van der Waals surface area contributed by atoms with Gasteiger partial charge in [0.2, 0.25) is 0 Å². The first-order valence-electron chi connectivity index (χ1n) is 5.19. The first-order valence-corrected chi connectivity index (χ1v) is 7.77. The van der Waals surface area contributed by atoms with Gasteiger partial charge in [-0.15, -0.1) is 0 Å². The summed E-state index contributed by atoms with van der Waals surface area (Å²) in [7, 11) is 0. The van der Waals surface area contributed by atoms with E-state index in [0.29, 0.717) is 13.1 Å². The molecule has 0 aliphatic rings. The van der Waals surface area contributed by atoms with Gasteiger partial charge >= 0.3 is 60.8 Å². The molecule has 0 aliphatic heterocycles. The molecular formula is C10H21BaNO4S2. The fourth-order valence-electron chi connectivity index (χ4n) is 1.27. The van der Waals surface area contributed by atoms with Crippen LogP contribution in [0.1, 0.15) is 15.7 Å². The SMILES string of the molecule is CSC(CNCC(CC(=O)O)SC)CC(=O)O.[Ba+2].[H-].[H-]. The van der Waals surface area contributed by atoms with Gasteiger partial charge in [0.05, 0.1) is 12.8 Å². The first-order chi connectivity index (χ1) is 7.99. The monoisotopic (exact) mass is 421 g/mol. The first kappa shape index (κ1) is 21.5. The molecule has 0 rings (SSSR count). The van der Waals surface area contributed by atoms with Gasteiger partial charge in [-0.1, -0.05) is 0 Å². The molecule has 0 bridgehead atoms. The Morgan fingerprint density at radius 1 is 1.06 bits per heavy atom. The van der Waals surface area contributed by atoms with Crippen molar-refractivity contribution >= 4 is 84.3 Å². The minimum atomic E-state index is -0.807. The van der Waals surface area contributed by atoms with E-state index in [0.717, 1.165) is 0 Å². The number of thioether (sulfide) groups is 2. The molecule has 0 aliphatic carbocycles. The smallest absolute Gasteiger partial charge is 1.00 e. The van der Waals surface area contributed by atoms with Crippen molar-refractivity contribution in [3.05, 3.63) is 0 Å². The van der Waals surface area contributed by atoms with E-state index in [2.05, 4.69) is 5.32 Å². The summed E-state index contributed by atoms with van der Waals surface area (Å²) < 4.78 is 0. The Kier molecular flexibility index (Phi) is 15.7. The van der Waals surface area contributed by atoms with E-state index in [9.17, 15) is 9.59 Å². The van der Waals surface area contributed by atoms with Crippen molar-refractivity contribution in [1.82, 2.24) is 5.32 Å². The molecule has 0 aromatic heterocycles. The molecule has 18 heavy (non-hydrogen) atoms. The van der Waals surface area contributed by atoms with Crippen LogP contribution < -0.4 is 5.32 Å². The van der Waals surface area contributed by atoms with Crippen molar-refractivity contribution < 1.29 is 22.7 Å². The van der Waals surface area contributed by atoms with Gasteiger partial charge in [-0.2, -0.15) is 23.5 Å². The molecule has 104 valence electrons. The van der Waals surface area contributed by atoms with Gasteiger partial charge in [-0.25, -0.2) is 0 Å². The predicted octanol–water partition coefficient (Wildman–Crippen LogP) is 0.833. The van der Waals surface area contributed by atoms with E-state index < -0.39 is 11.9 Å².